The summed E-state index contributed by atoms with van der Waals surface area (Å²) >= 11 is 1.60. The summed E-state index contributed by atoms with van der Waals surface area (Å²) in [5, 5.41) is 16.1. The summed E-state index contributed by atoms with van der Waals surface area (Å²) in [6, 6.07) is 4.15. The standard InChI is InChI=1S/C14H19N3O2S/c1-17(10-5-2-3-6-11(10)18)9-13-15-14(16-19-13)12-7-4-8-20-12/h4,7-8,10-11,18H,2-3,5-6,9H2,1H3. The van der Waals surface area contributed by atoms with Gasteiger partial charge in [-0.25, -0.2) is 0 Å². The minimum Gasteiger partial charge on any atom is -0.391 e. The van der Waals surface area contributed by atoms with Gasteiger partial charge in [0, 0.05) is 6.04 Å². The lowest BCUT2D eigenvalue weighted by atomic mass is 9.91. The molecule has 1 aliphatic rings. The van der Waals surface area contributed by atoms with E-state index in [9.17, 15) is 5.11 Å². The van der Waals surface area contributed by atoms with Crippen LogP contribution < -0.4 is 0 Å². The van der Waals surface area contributed by atoms with Gasteiger partial charge in [0.2, 0.25) is 11.7 Å². The summed E-state index contributed by atoms with van der Waals surface area (Å²) in [4.78, 5) is 7.56. The van der Waals surface area contributed by atoms with Crippen molar-refractivity contribution >= 4 is 11.3 Å². The summed E-state index contributed by atoms with van der Waals surface area (Å²) in [6.07, 6.45) is 3.97. The minimum absolute atomic E-state index is 0.195. The number of aromatic nitrogens is 2. The van der Waals surface area contributed by atoms with Gasteiger partial charge in [-0.1, -0.05) is 24.1 Å². The van der Waals surface area contributed by atoms with Gasteiger partial charge in [0.1, 0.15) is 0 Å². The molecule has 2 heterocycles. The van der Waals surface area contributed by atoms with E-state index < -0.39 is 0 Å². The van der Waals surface area contributed by atoms with Crippen LogP contribution in [0.15, 0.2) is 22.0 Å². The molecule has 1 aliphatic carbocycles. The molecule has 0 aromatic carbocycles. The quantitative estimate of drug-likeness (QED) is 0.938. The van der Waals surface area contributed by atoms with Gasteiger partial charge in [-0.05, 0) is 31.3 Å². The molecule has 2 aromatic rings. The highest BCUT2D eigenvalue weighted by Gasteiger charge is 2.27. The fourth-order valence-corrected chi connectivity index (χ4v) is 3.41. The van der Waals surface area contributed by atoms with E-state index in [-0.39, 0.29) is 12.1 Å². The second-order valence-corrected chi connectivity index (χ2v) is 6.27. The van der Waals surface area contributed by atoms with Crippen LogP contribution in [0.1, 0.15) is 31.6 Å². The Morgan fingerprint density at radius 3 is 3.05 bits per heavy atom. The van der Waals surface area contributed by atoms with Gasteiger partial charge in [0.15, 0.2) is 0 Å². The van der Waals surface area contributed by atoms with Crippen molar-refractivity contribution in [3.8, 4) is 10.7 Å². The SMILES string of the molecule is CN(Cc1nc(-c2cccs2)no1)C1CCCCC1O. The molecule has 1 N–H and O–H groups in total. The first-order chi connectivity index (χ1) is 9.74. The molecule has 0 bridgehead atoms. The normalized spacial score (nSPS) is 23.4. The van der Waals surface area contributed by atoms with E-state index in [1.807, 2.05) is 24.6 Å². The van der Waals surface area contributed by atoms with Crippen molar-refractivity contribution in [1.82, 2.24) is 15.0 Å². The maximum atomic E-state index is 10.1. The summed E-state index contributed by atoms with van der Waals surface area (Å²) < 4.78 is 5.31. The zero-order valence-electron chi connectivity index (χ0n) is 11.5. The van der Waals surface area contributed by atoms with Crippen LogP contribution in [0.3, 0.4) is 0 Å². The van der Waals surface area contributed by atoms with Crippen molar-refractivity contribution in [3.63, 3.8) is 0 Å². The van der Waals surface area contributed by atoms with Crippen molar-refractivity contribution in [2.45, 2.75) is 44.4 Å². The molecule has 6 heteroatoms. The first kappa shape index (κ1) is 13.7. The van der Waals surface area contributed by atoms with E-state index in [0.717, 1.165) is 24.1 Å². The zero-order valence-corrected chi connectivity index (χ0v) is 12.3. The molecular weight excluding hydrogens is 274 g/mol. The monoisotopic (exact) mass is 293 g/mol. The maximum absolute atomic E-state index is 10.1. The van der Waals surface area contributed by atoms with Gasteiger partial charge in [-0.3, -0.25) is 4.90 Å². The molecule has 2 unspecified atom stereocenters. The Balaban J connectivity index is 1.65. The summed E-state index contributed by atoms with van der Waals surface area (Å²) in [6.45, 7) is 0.583. The van der Waals surface area contributed by atoms with Gasteiger partial charge >= 0.3 is 0 Å². The lowest BCUT2D eigenvalue weighted by Crippen LogP contribution is -2.42. The molecule has 5 nitrogen and oxygen atoms in total. The maximum Gasteiger partial charge on any atom is 0.241 e. The van der Waals surface area contributed by atoms with Gasteiger partial charge < -0.3 is 9.63 Å². The molecule has 0 radical (unpaired) electrons. The summed E-state index contributed by atoms with van der Waals surface area (Å²) in [5.41, 5.74) is 0. The lowest BCUT2D eigenvalue weighted by Gasteiger charge is -2.34. The van der Waals surface area contributed by atoms with Crippen LogP contribution in [-0.2, 0) is 6.54 Å². The summed E-state index contributed by atoms with van der Waals surface area (Å²) in [5.74, 6) is 1.25. The molecule has 0 saturated heterocycles. The molecule has 3 rings (SSSR count). The third kappa shape index (κ3) is 2.92. The van der Waals surface area contributed by atoms with Crippen LogP contribution in [0.2, 0.25) is 0 Å². The number of aliphatic hydroxyl groups is 1. The van der Waals surface area contributed by atoms with E-state index in [4.69, 9.17) is 4.52 Å². The smallest absolute Gasteiger partial charge is 0.241 e. The van der Waals surface area contributed by atoms with Crippen molar-refractivity contribution < 1.29 is 9.63 Å². The van der Waals surface area contributed by atoms with Crippen molar-refractivity contribution in [2.75, 3.05) is 7.05 Å². The van der Waals surface area contributed by atoms with Crippen molar-refractivity contribution in [2.24, 2.45) is 0 Å². The van der Waals surface area contributed by atoms with E-state index in [2.05, 4.69) is 15.0 Å². The third-order valence-corrected chi connectivity index (χ3v) is 4.72. The van der Waals surface area contributed by atoms with E-state index >= 15 is 0 Å². The number of aliphatic hydroxyl groups excluding tert-OH is 1. The number of nitrogens with zero attached hydrogens (tertiary/aromatic N) is 3. The predicted octanol–water partition coefficient (Wildman–Crippen LogP) is 2.53. The Morgan fingerprint density at radius 1 is 1.45 bits per heavy atom. The van der Waals surface area contributed by atoms with E-state index in [0.29, 0.717) is 18.3 Å². The highest BCUT2D eigenvalue weighted by Crippen LogP contribution is 2.25. The average molecular weight is 293 g/mol. The predicted molar refractivity (Wildman–Crippen MR) is 77.3 cm³/mol. The third-order valence-electron chi connectivity index (χ3n) is 3.85. The lowest BCUT2D eigenvalue weighted by molar-refractivity contribution is 0.0248. The Bertz CT molecular complexity index is 540. The molecule has 2 atom stereocenters. The van der Waals surface area contributed by atoms with Crippen LogP contribution in [0.5, 0.6) is 0 Å². The Hall–Kier alpha value is -1.24. The Morgan fingerprint density at radius 2 is 2.30 bits per heavy atom. The Kier molecular flexibility index (Phi) is 4.14. The van der Waals surface area contributed by atoms with Crippen LogP contribution in [0, 0.1) is 0 Å². The molecule has 0 amide bonds. The van der Waals surface area contributed by atoms with E-state index in [1.165, 1.54) is 6.42 Å². The second kappa shape index (κ2) is 6.03. The van der Waals surface area contributed by atoms with Gasteiger partial charge in [0.05, 0.1) is 17.5 Å². The molecule has 20 heavy (non-hydrogen) atoms. The van der Waals surface area contributed by atoms with Crippen LogP contribution in [0.4, 0.5) is 0 Å². The number of rotatable bonds is 4. The molecule has 0 spiro atoms. The highest BCUT2D eigenvalue weighted by atomic mass is 32.1. The summed E-state index contributed by atoms with van der Waals surface area (Å²) in [7, 11) is 2.01. The number of likely N-dealkylation sites (N-methyl/N-ethyl adjacent to an activating group) is 1. The number of thiophene rings is 1. The van der Waals surface area contributed by atoms with Crippen LogP contribution in [0.25, 0.3) is 10.7 Å². The molecule has 0 aliphatic heterocycles. The zero-order chi connectivity index (χ0) is 13.9. The van der Waals surface area contributed by atoms with Crippen molar-refractivity contribution in [3.05, 3.63) is 23.4 Å². The largest absolute Gasteiger partial charge is 0.391 e. The Labute approximate surface area is 122 Å². The molecule has 2 aromatic heterocycles. The van der Waals surface area contributed by atoms with Gasteiger partial charge in [-0.15, -0.1) is 11.3 Å². The average Bonchev–Trinajstić information content (AvgIpc) is 3.09. The first-order valence-corrected chi connectivity index (χ1v) is 7.87. The molecule has 1 saturated carbocycles. The number of hydrogen-bond donors (Lipinski definition) is 1. The van der Waals surface area contributed by atoms with E-state index in [1.54, 1.807) is 11.3 Å². The van der Waals surface area contributed by atoms with Crippen LogP contribution in [-0.4, -0.2) is 39.3 Å². The molecule has 108 valence electrons. The fraction of sp³-hybridized carbons (Fsp3) is 0.571. The van der Waals surface area contributed by atoms with Crippen molar-refractivity contribution in [1.29, 1.82) is 0 Å². The number of hydrogen-bond acceptors (Lipinski definition) is 6. The van der Waals surface area contributed by atoms with Gasteiger partial charge in [0.25, 0.3) is 0 Å². The highest BCUT2D eigenvalue weighted by molar-refractivity contribution is 7.13. The first-order valence-electron chi connectivity index (χ1n) is 6.99. The molecular formula is C14H19N3O2S. The minimum atomic E-state index is -0.242. The van der Waals surface area contributed by atoms with Crippen LogP contribution >= 0.6 is 11.3 Å². The molecule has 1 fully saturated rings. The fourth-order valence-electron chi connectivity index (χ4n) is 2.76. The topological polar surface area (TPSA) is 62.4 Å². The second-order valence-electron chi connectivity index (χ2n) is 5.32. The van der Waals surface area contributed by atoms with Gasteiger partial charge in [-0.2, -0.15) is 4.98 Å².